The molecule has 6 heteroatoms. The van der Waals surface area contributed by atoms with Crippen LogP contribution in [0.3, 0.4) is 0 Å². The molecule has 0 radical (unpaired) electrons. The second kappa shape index (κ2) is 7.19. The van der Waals surface area contributed by atoms with Crippen molar-refractivity contribution < 1.29 is 9.53 Å². The summed E-state index contributed by atoms with van der Waals surface area (Å²) >= 11 is 0. The molecule has 0 saturated carbocycles. The fraction of sp³-hybridized carbons (Fsp3) is 0.643. The lowest BCUT2D eigenvalue weighted by atomic mass is 10.0. The molecule has 110 valence electrons. The Morgan fingerprint density at radius 2 is 2.25 bits per heavy atom. The van der Waals surface area contributed by atoms with Crippen molar-refractivity contribution in [3.05, 3.63) is 17.8 Å². The average Bonchev–Trinajstić information content (AvgIpc) is 2.48. The summed E-state index contributed by atoms with van der Waals surface area (Å²) in [5.74, 6) is 0.312. The number of carbonyl (C=O) groups excluding carboxylic acids is 1. The Morgan fingerprint density at radius 3 is 2.85 bits per heavy atom. The highest BCUT2D eigenvalue weighted by molar-refractivity contribution is 5.91. The van der Waals surface area contributed by atoms with Crippen LogP contribution in [0.1, 0.15) is 36.2 Å². The Balaban J connectivity index is 1.77. The smallest absolute Gasteiger partial charge is 0.273 e. The molecule has 1 amide bonds. The van der Waals surface area contributed by atoms with Gasteiger partial charge in [-0.3, -0.25) is 4.79 Å². The first-order valence-electron chi connectivity index (χ1n) is 7.08. The lowest BCUT2D eigenvalue weighted by Gasteiger charge is -2.23. The normalized spacial score (nSPS) is 18.6. The van der Waals surface area contributed by atoms with Gasteiger partial charge in [0.15, 0.2) is 5.69 Å². The molecule has 1 saturated heterocycles. The van der Waals surface area contributed by atoms with E-state index in [1.54, 1.807) is 26.2 Å². The SMILES string of the molecule is CN(C)C(=O)c1ccc(OCCC2CCCCN2)nn1. The van der Waals surface area contributed by atoms with Crippen molar-refractivity contribution in [1.82, 2.24) is 20.4 Å². The van der Waals surface area contributed by atoms with Gasteiger partial charge < -0.3 is 15.0 Å². The summed E-state index contributed by atoms with van der Waals surface area (Å²) in [4.78, 5) is 13.1. The number of aromatic nitrogens is 2. The Labute approximate surface area is 119 Å². The molecule has 0 spiro atoms. The number of piperidine rings is 1. The second-order valence-electron chi connectivity index (χ2n) is 5.24. The monoisotopic (exact) mass is 278 g/mol. The predicted molar refractivity (Wildman–Crippen MR) is 75.8 cm³/mol. The van der Waals surface area contributed by atoms with Gasteiger partial charge in [0.2, 0.25) is 5.88 Å². The first-order chi connectivity index (χ1) is 9.66. The molecule has 1 N–H and O–H groups in total. The fourth-order valence-electron chi connectivity index (χ4n) is 2.22. The Bertz CT molecular complexity index is 427. The zero-order valence-electron chi connectivity index (χ0n) is 12.1. The third kappa shape index (κ3) is 4.16. The van der Waals surface area contributed by atoms with E-state index in [2.05, 4.69) is 15.5 Å². The molecule has 2 rings (SSSR count). The molecule has 0 bridgehead atoms. The highest BCUT2D eigenvalue weighted by Gasteiger charge is 2.13. The van der Waals surface area contributed by atoms with Gasteiger partial charge in [0, 0.05) is 26.2 Å². The van der Waals surface area contributed by atoms with E-state index in [4.69, 9.17) is 4.74 Å². The van der Waals surface area contributed by atoms with Crippen molar-refractivity contribution >= 4 is 5.91 Å². The molecule has 0 aliphatic carbocycles. The van der Waals surface area contributed by atoms with Crippen molar-refractivity contribution in [3.8, 4) is 5.88 Å². The number of rotatable bonds is 5. The minimum atomic E-state index is -0.157. The fourth-order valence-corrected chi connectivity index (χ4v) is 2.22. The minimum absolute atomic E-state index is 0.157. The third-order valence-electron chi connectivity index (χ3n) is 3.39. The Morgan fingerprint density at radius 1 is 1.40 bits per heavy atom. The topological polar surface area (TPSA) is 67.3 Å². The van der Waals surface area contributed by atoms with Gasteiger partial charge >= 0.3 is 0 Å². The van der Waals surface area contributed by atoms with Crippen LogP contribution in [0.2, 0.25) is 0 Å². The second-order valence-corrected chi connectivity index (χ2v) is 5.24. The zero-order valence-corrected chi connectivity index (χ0v) is 12.1. The summed E-state index contributed by atoms with van der Waals surface area (Å²) in [6, 6.07) is 3.88. The van der Waals surface area contributed by atoms with Gasteiger partial charge in [-0.05, 0) is 31.9 Å². The number of carbonyl (C=O) groups is 1. The van der Waals surface area contributed by atoms with Crippen LogP contribution in [0.25, 0.3) is 0 Å². The maximum Gasteiger partial charge on any atom is 0.273 e. The van der Waals surface area contributed by atoms with E-state index < -0.39 is 0 Å². The van der Waals surface area contributed by atoms with Crippen molar-refractivity contribution in [1.29, 1.82) is 0 Å². The summed E-state index contributed by atoms with van der Waals surface area (Å²) in [5.41, 5.74) is 0.330. The summed E-state index contributed by atoms with van der Waals surface area (Å²) < 4.78 is 5.57. The van der Waals surface area contributed by atoms with Crippen molar-refractivity contribution in [2.45, 2.75) is 31.7 Å². The first-order valence-corrected chi connectivity index (χ1v) is 7.08. The van der Waals surface area contributed by atoms with Crippen LogP contribution in [0, 0.1) is 0 Å². The third-order valence-corrected chi connectivity index (χ3v) is 3.39. The van der Waals surface area contributed by atoms with Crippen molar-refractivity contribution in [3.63, 3.8) is 0 Å². The molecular weight excluding hydrogens is 256 g/mol. The van der Waals surface area contributed by atoms with Crippen LogP contribution >= 0.6 is 0 Å². The molecular formula is C14H22N4O2. The summed E-state index contributed by atoms with van der Waals surface area (Å²) in [6.07, 6.45) is 4.74. The molecule has 1 atom stereocenters. The van der Waals surface area contributed by atoms with Gasteiger partial charge in [0.05, 0.1) is 6.61 Å². The maximum absolute atomic E-state index is 11.7. The van der Waals surface area contributed by atoms with Crippen LogP contribution in [-0.4, -0.2) is 54.3 Å². The summed E-state index contributed by atoms with van der Waals surface area (Å²) in [5, 5.41) is 11.3. The Kier molecular flexibility index (Phi) is 5.29. The van der Waals surface area contributed by atoms with Gasteiger partial charge in [-0.15, -0.1) is 10.2 Å². The molecule has 1 aliphatic heterocycles. The van der Waals surface area contributed by atoms with E-state index in [9.17, 15) is 4.79 Å². The van der Waals surface area contributed by atoms with Crippen molar-refractivity contribution in [2.24, 2.45) is 0 Å². The largest absolute Gasteiger partial charge is 0.477 e. The number of nitrogens with zero attached hydrogens (tertiary/aromatic N) is 3. The zero-order chi connectivity index (χ0) is 14.4. The minimum Gasteiger partial charge on any atom is -0.477 e. The molecule has 1 unspecified atom stereocenters. The van der Waals surface area contributed by atoms with Gasteiger partial charge in [-0.2, -0.15) is 0 Å². The lowest BCUT2D eigenvalue weighted by molar-refractivity contribution is 0.0820. The number of amides is 1. The molecule has 0 aromatic carbocycles. The van der Waals surface area contributed by atoms with Crippen LogP contribution < -0.4 is 10.1 Å². The standard InChI is InChI=1S/C14H22N4O2/c1-18(2)14(19)12-6-7-13(17-16-12)20-10-8-11-5-3-4-9-15-11/h6-7,11,15H,3-5,8-10H2,1-2H3. The lowest BCUT2D eigenvalue weighted by Crippen LogP contribution is -2.35. The van der Waals surface area contributed by atoms with E-state index in [-0.39, 0.29) is 5.91 Å². The first kappa shape index (κ1) is 14.7. The quantitative estimate of drug-likeness (QED) is 0.873. The number of ether oxygens (including phenoxy) is 1. The van der Waals surface area contributed by atoms with Crippen LogP contribution in [-0.2, 0) is 0 Å². The summed E-state index contributed by atoms with van der Waals surface area (Å²) in [6.45, 7) is 1.72. The van der Waals surface area contributed by atoms with Crippen LogP contribution in [0.5, 0.6) is 5.88 Å². The van der Waals surface area contributed by atoms with Gasteiger partial charge in [0.1, 0.15) is 0 Å². The van der Waals surface area contributed by atoms with E-state index in [1.807, 2.05) is 0 Å². The van der Waals surface area contributed by atoms with Crippen LogP contribution in [0.15, 0.2) is 12.1 Å². The number of nitrogens with one attached hydrogen (secondary N) is 1. The van der Waals surface area contributed by atoms with E-state index in [0.29, 0.717) is 24.2 Å². The highest BCUT2D eigenvalue weighted by Crippen LogP contribution is 2.11. The molecule has 6 nitrogen and oxygen atoms in total. The Hall–Kier alpha value is -1.69. The van der Waals surface area contributed by atoms with Gasteiger partial charge in [0.25, 0.3) is 5.91 Å². The number of hydrogen-bond acceptors (Lipinski definition) is 5. The van der Waals surface area contributed by atoms with E-state index in [1.165, 1.54) is 24.2 Å². The molecule has 1 aliphatic rings. The predicted octanol–water partition coefficient (Wildman–Crippen LogP) is 1.09. The van der Waals surface area contributed by atoms with E-state index in [0.717, 1.165) is 13.0 Å². The van der Waals surface area contributed by atoms with Gasteiger partial charge in [-0.25, -0.2) is 0 Å². The molecule has 2 heterocycles. The molecule has 1 fully saturated rings. The number of hydrogen-bond donors (Lipinski definition) is 1. The molecule has 1 aromatic rings. The summed E-state index contributed by atoms with van der Waals surface area (Å²) in [7, 11) is 3.37. The highest BCUT2D eigenvalue weighted by atomic mass is 16.5. The van der Waals surface area contributed by atoms with Crippen molar-refractivity contribution in [2.75, 3.05) is 27.2 Å². The average molecular weight is 278 g/mol. The maximum atomic E-state index is 11.7. The van der Waals surface area contributed by atoms with Gasteiger partial charge in [-0.1, -0.05) is 6.42 Å². The van der Waals surface area contributed by atoms with E-state index >= 15 is 0 Å². The molecule has 1 aromatic heterocycles. The van der Waals surface area contributed by atoms with Crippen LogP contribution in [0.4, 0.5) is 0 Å². The molecule has 20 heavy (non-hydrogen) atoms.